The van der Waals surface area contributed by atoms with Crippen LogP contribution in [-0.4, -0.2) is 35.6 Å². The summed E-state index contributed by atoms with van der Waals surface area (Å²) in [7, 11) is 0. The molecule has 0 saturated carbocycles. The standard InChI is InChI=1S/C19H20N2O2S/c1-24-16-9-5-8-15(12-16)20-17-13-18(22)21(19(17)23)11-10-14-6-3-2-4-7-14/h2-9,12,17,20H,10-11,13H2,1H3/t17-/m0/s1. The number of likely N-dealkylation sites (tertiary alicyclic amines) is 1. The molecule has 1 aliphatic heterocycles. The molecule has 4 nitrogen and oxygen atoms in total. The van der Waals surface area contributed by atoms with Gasteiger partial charge in [0.15, 0.2) is 0 Å². The zero-order valence-corrected chi connectivity index (χ0v) is 14.4. The van der Waals surface area contributed by atoms with E-state index >= 15 is 0 Å². The second-order valence-electron chi connectivity index (χ2n) is 5.75. The van der Waals surface area contributed by atoms with Gasteiger partial charge in [0.2, 0.25) is 5.91 Å². The number of rotatable bonds is 6. The van der Waals surface area contributed by atoms with E-state index in [4.69, 9.17) is 0 Å². The van der Waals surface area contributed by atoms with E-state index in [-0.39, 0.29) is 18.2 Å². The van der Waals surface area contributed by atoms with Crippen LogP contribution in [0.4, 0.5) is 5.69 Å². The molecule has 2 amide bonds. The molecule has 0 aromatic heterocycles. The Hall–Kier alpha value is -2.27. The molecule has 1 atom stereocenters. The molecular weight excluding hydrogens is 320 g/mol. The third-order valence-corrected chi connectivity index (χ3v) is 4.85. The maximum Gasteiger partial charge on any atom is 0.252 e. The van der Waals surface area contributed by atoms with Crippen molar-refractivity contribution >= 4 is 29.3 Å². The third kappa shape index (κ3) is 3.79. The lowest BCUT2D eigenvalue weighted by molar-refractivity contribution is -0.138. The summed E-state index contributed by atoms with van der Waals surface area (Å²) < 4.78 is 0. The van der Waals surface area contributed by atoms with Gasteiger partial charge in [-0.05, 0) is 36.4 Å². The van der Waals surface area contributed by atoms with Gasteiger partial charge in [-0.15, -0.1) is 11.8 Å². The fourth-order valence-corrected chi connectivity index (χ4v) is 3.29. The summed E-state index contributed by atoms with van der Waals surface area (Å²) in [6.07, 6.45) is 2.92. The molecule has 1 aliphatic rings. The highest BCUT2D eigenvalue weighted by Crippen LogP contribution is 2.23. The van der Waals surface area contributed by atoms with Crippen molar-refractivity contribution in [1.29, 1.82) is 0 Å². The van der Waals surface area contributed by atoms with E-state index in [2.05, 4.69) is 5.32 Å². The van der Waals surface area contributed by atoms with Crippen LogP contribution in [-0.2, 0) is 16.0 Å². The molecule has 0 bridgehead atoms. The van der Waals surface area contributed by atoms with Gasteiger partial charge in [0, 0.05) is 17.1 Å². The summed E-state index contributed by atoms with van der Waals surface area (Å²) >= 11 is 1.65. The van der Waals surface area contributed by atoms with Crippen LogP contribution in [0.2, 0.25) is 0 Å². The summed E-state index contributed by atoms with van der Waals surface area (Å²) in [6, 6.07) is 17.3. The first-order chi connectivity index (χ1) is 11.7. The highest BCUT2D eigenvalue weighted by molar-refractivity contribution is 7.98. The van der Waals surface area contributed by atoms with E-state index < -0.39 is 6.04 Å². The Labute approximate surface area is 146 Å². The van der Waals surface area contributed by atoms with Crippen molar-refractivity contribution in [2.45, 2.75) is 23.8 Å². The molecule has 0 aliphatic carbocycles. The number of carbonyl (C=O) groups is 2. The minimum absolute atomic E-state index is 0.102. The predicted molar refractivity (Wildman–Crippen MR) is 97.1 cm³/mol. The maximum atomic E-state index is 12.5. The lowest BCUT2D eigenvalue weighted by atomic mass is 10.1. The molecule has 1 N–H and O–H groups in total. The van der Waals surface area contributed by atoms with Crippen LogP contribution in [0.3, 0.4) is 0 Å². The lowest BCUT2D eigenvalue weighted by Crippen LogP contribution is -2.36. The van der Waals surface area contributed by atoms with Crippen molar-refractivity contribution < 1.29 is 9.59 Å². The number of amides is 2. The van der Waals surface area contributed by atoms with E-state index in [0.29, 0.717) is 13.0 Å². The summed E-state index contributed by atoms with van der Waals surface area (Å²) in [4.78, 5) is 27.2. The van der Waals surface area contributed by atoms with E-state index in [9.17, 15) is 9.59 Å². The van der Waals surface area contributed by atoms with Gasteiger partial charge in [-0.3, -0.25) is 14.5 Å². The van der Waals surface area contributed by atoms with Crippen LogP contribution in [0.25, 0.3) is 0 Å². The fraction of sp³-hybridized carbons (Fsp3) is 0.263. The van der Waals surface area contributed by atoms with E-state index in [1.165, 1.54) is 4.90 Å². The monoisotopic (exact) mass is 340 g/mol. The Morgan fingerprint density at radius 2 is 1.92 bits per heavy atom. The van der Waals surface area contributed by atoms with E-state index in [1.54, 1.807) is 11.8 Å². The number of hydrogen-bond acceptors (Lipinski definition) is 4. The molecule has 0 unspecified atom stereocenters. The first-order valence-corrected chi connectivity index (χ1v) is 9.18. The van der Waals surface area contributed by atoms with Crippen LogP contribution in [0.15, 0.2) is 59.5 Å². The second kappa shape index (κ2) is 7.53. The number of benzene rings is 2. The molecule has 124 valence electrons. The average Bonchev–Trinajstić information content (AvgIpc) is 2.87. The molecule has 0 radical (unpaired) electrons. The molecule has 1 saturated heterocycles. The lowest BCUT2D eigenvalue weighted by Gasteiger charge is -2.16. The minimum atomic E-state index is -0.467. The Morgan fingerprint density at radius 3 is 2.67 bits per heavy atom. The Balaban J connectivity index is 1.63. The van der Waals surface area contributed by atoms with Gasteiger partial charge in [0.1, 0.15) is 6.04 Å². The van der Waals surface area contributed by atoms with Gasteiger partial charge in [0.05, 0.1) is 6.42 Å². The van der Waals surface area contributed by atoms with E-state index in [0.717, 1.165) is 16.1 Å². The predicted octanol–water partition coefficient (Wildman–Crippen LogP) is 3.19. The van der Waals surface area contributed by atoms with Crippen LogP contribution in [0, 0.1) is 0 Å². The highest BCUT2D eigenvalue weighted by Gasteiger charge is 2.38. The maximum absolute atomic E-state index is 12.5. The molecular formula is C19H20N2O2S. The first kappa shape index (κ1) is 16.6. The van der Waals surface area contributed by atoms with Crippen molar-refractivity contribution in [3.05, 3.63) is 60.2 Å². The largest absolute Gasteiger partial charge is 0.373 e. The van der Waals surface area contributed by atoms with Crippen molar-refractivity contribution in [2.75, 3.05) is 18.1 Å². The Morgan fingerprint density at radius 1 is 1.12 bits per heavy atom. The molecule has 0 spiro atoms. The summed E-state index contributed by atoms with van der Waals surface area (Å²) in [5.41, 5.74) is 2.00. The molecule has 1 fully saturated rings. The van der Waals surface area contributed by atoms with E-state index in [1.807, 2.05) is 60.9 Å². The van der Waals surface area contributed by atoms with Crippen molar-refractivity contribution in [3.63, 3.8) is 0 Å². The zero-order chi connectivity index (χ0) is 16.9. The van der Waals surface area contributed by atoms with Crippen molar-refractivity contribution in [3.8, 4) is 0 Å². The normalized spacial score (nSPS) is 17.4. The van der Waals surface area contributed by atoms with Crippen LogP contribution in [0.1, 0.15) is 12.0 Å². The summed E-state index contributed by atoms with van der Waals surface area (Å²) in [6.45, 7) is 0.435. The van der Waals surface area contributed by atoms with Gasteiger partial charge in [-0.1, -0.05) is 36.4 Å². The number of hydrogen-bond donors (Lipinski definition) is 1. The smallest absolute Gasteiger partial charge is 0.252 e. The van der Waals surface area contributed by atoms with Crippen LogP contribution < -0.4 is 5.32 Å². The highest BCUT2D eigenvalue weighted by atomic mass is 32.2. The number of thioether (sulfide) groups is 1. The topological polar surface area (TPSA) is 49.4 Å². The Kier molecular flexibility index (Phi) is 5.20. The van der Waals surface area contributed by atoms with Crippen LogP contribution >= 0.6 is 11.8 Å². The zero-order valence-electron chi connectivity index (χ0n) is 13.6. The number of imide groups is 1. The summed E-state index contributed by atoms with van der Waals surface area (Å²) in [5.74, 6) is -0.236. The second-order valence-corrected chi connectivity index (χ2v) is 6.63. The number of anilines is 1. The Bertz CT molecular complexity index is 733. The number of carbonyl (C=O) groups excluding carboxylic acids is 2. The number of nitrogens with zero attached hydrogens (tertiary/aromatic N) is 1. The molecule has 24 heavy (non-hydrogen) atoms. The van der Waals surface area contributed by atoms with Crippen molar-refractivity contribution in [2.24, 2.45) is 0 Å². The SMILES string of the molecule is CSc1cccc(N[C@H]2CC(=O)N(CCc3ccccc3)C2=O)c1. The van der Waals surface area contributed by atoms with Crippen LogP contribution in [0.5, 0.6) is 0 Å². The molecule has 5 heteroatoms. The molecule has 2 aromatic rings. The fourth-order valence-electron chi connectivity index (χ4n) is 2.83. The quantitative estimate of drug-likeness (QED) is 0.648. The van der Waals surface area contributed by atoms with Gasteiger partial charge in [-0.2, -0.15) is 0 Å². The van der Waals surface area contributed by atoms with Crippen molar-refractivity contribution in [1.82, 2.24) is 4.90 Å². The molecule has 3 rings (SSSR count). The summed E-state index contributed by atoms with van der Waals surface area (Å²) in [5, 5.41) is 3.20. The van der Waals surface area contributed by atoms with Gasteiger partial charge < -0.3 is 5.32 Å². The van der Waals surface area contributed by atoms with Gasteiger partial charge in [0.25, 0.3) is 5.91 Å². The first-order valence-electron chi connectivity index (χ1n) is 7.96. The molecule has 2 aromatic carbocycles. The van der Waals surface area contributed by atoms with Gasteiger partial charge in [-0.25, -0.2) is 0 Å². The minimum Gasteiger partial charge on any atom is -0.373 e. The average molecular weight is 340 g/mol. The third-order valence-electron chi connectivity index (χ3n) is 4.12. The van der Waals surface area contributed by atoms with Gasteiger partial charge >= 0.3 is 0 Å². The number of nitrogens with one attached hydrogen (secondary N) is 1. The molecule has 1 heterocycles.